The van der Waals surface area contributed by atoms with Gasteiger partial charge in [0.15, 0.2) is 0 Å². The predicted octanol–water partition coefficient (Wildman–Crippen LogP) is 4.27. The number of para-hydroxylation sites is 1. The molecule has 19 heavy (non-hydrogen) atoms. The van der Waals surface area contributed by atoms with Crippen LogP contribution in [0.1, 0.15) is 22.3 Å². The van der Waals surface area contributed by atoms with Crippen LogP contribution < -0.4 is 10.6 Å². The third kappa shape index (κ3) is 2.19. The van der Waals surface area contributed by atoms with Crippen molar-refractivity contribution in [3.05, 3.63) is 52.6 Å². The van der Waals surface area contributed by atoms with Crippen LogP contribution in [0.3, 0.4) is 0 Å². The van der Waals surface area contributed by atoms with Crippen LogP contribution in [0.25, 0.3) is 0 Å². The Morgan fingerprint density at radius 1 is 0.789 bits per heavy atom. The standard InChI is InChI=1S/C17H22N2/c1-11-13(3)17(14(4)12(2)16(11)18)19(5)15-9-7-6-8-10-15/h6-10H,18H2,1-5H3. The SMILES string of the molecule is Cc1c(C)c(N(C)c2ccccc2)c(C)c(C)c1N. The summed E-state index contributed by atoms with van der Waals surface area (Å²) >= 11 is 0. The lowest BCUT2D eigenvalue weighted by atomic mass is 9.95. The van der Waals surface area contributed by atoms with Crippen molar-refractivity contribution >= 4 is 17.1 Å². The van der Waals surface area contributed by atoms with Crippen molar-refractivity contribution in [1.29, 1.82) is 0 Å². The Kier molecular flexibility index (Phi) is 3.52. The second-order valence-corrected chi connectivity index (χ2v) is 5.16. The van der Waals surface area contributed by atoms with Crippen LogP contribution >= 0.6 is 0 Å². The van der Waals surface area contributed by atoms with Crippen LogP contribution in [0.2, 0.25) is 0 Å². The van der Waals surface area contributed by atoms with Gasteiger partial charge in [-0.1, -0.05) is 18.2 Å². The lowest BCUT2D eigenvalue weighted by Crippen LogP contribution is -2.15. The normalized spacial score (nSPS) is 10.6. The number of nitrogens with zero attached hydrogens (tertiary/aromatic N) is 1. The highest BCUT2D eigenvalue weighted by Crippen LogP contribution is 2.37. The predicted molar refractivity (Wildman–Crippen MR) is 84.3 cm³/mol. The van der Waals surface area contributed by atoms with E-state index < -0.39 is 0 Å². The number of hydrogen-bond acceptors (Lipinski definition) is 2. The molecule has 0 fully saturated rings. The Labute approximate surface area is 115 Å². The molecule has 0 aliphatic carbocycles. The van der Waals surface area contributed by atoms with Crippen LogP contribution in [0.4, 0.5) is 17.1 Å². The Morgan fingerprint density at radius 2 is 1.26 bits per heavy atom. The van der Waals surface area contributed by atoms with Crippen molar-refractivity contribution in [3.63, 3.8) is 0 Å². The molecule has 0 bridgehead atoms. The van der Waals surface area contributed by atoms with Gasteiger partial charge in [0.05, 0.1) is 0 Å². The highest BCUT2D eigenvalue weighted by atomic mass is 15.1. The molecule has 0 saturated heterocycles. The maximum atomic E-state index is 6.17. The zero-order chi connectivity index (χ0) is 14.2. The molecule has 0 saturated carbocycles. The molecule has 0 radical (unpaired) electrons. The monoisotopic (exact) mass is 254 g/mol. The lowest BCUT2D eigenvalue weighted by Gasteiger charge is -2.27. The summed E-state index contributed by atoms with van der Waals surface area (Å²) in [4.78, 5) is 2.24. The number of anilines is 3. The first-order valence-electron chi connectivity index (χ1n) is 6.59. The number of hydrogen-bond donors (Lipinski definition) is 1. The fourth-order valence-electron chi connectivity index (χ4n) is 2.61. The van der Waals surface area contributed by atoms with E-state index in [1.807, 2.05) is 6.07 Å². The molecule has 2 rings (SSSR count). The van der Waals surface area contributed by atoms with Crippen LogP contribution in [0, 0.1) is 27.7 Å². The highest BCUT2D eigenvalue weighted by Gasteiger charge is 2.16. The quantitative estimate of drug-likeness (QED) is 0.811. The molecule has 0 unspecified atom stereocenters. The average molecular weight is 254 g/mol. The van der Waals surface area contributed by atoms with Gasteiger partial charge in [-0.15, -0.1) is 0 Å². The van der Waals surface area contributed by atoms with Gasteiger partial charge in [-0.05, 0) is 62.1 Å². The zero-order valence-corrected chi connectivity index (χ0v) is 12.4. The summed E-state index contributed by atoms with van der Waals surface area (Å²) in [6, 6.07) is 10.4. The van der Waals surface area contributed by atoms with Gasteiger partial charge in [0, 0.05) is 24.1 Å². The first-order valence-corrected chi connectivity index (χ1v) is 6.59. The largest absolute Gasteiger partial charge is 0.398 e. The average Bonchev–Trinajstić information content (AvgIpc) is 2.44. The minimum Gasteiger partial charge on any atom is -0.398 e. The summed E-state index contributed by atoms with van der Waals surface area (Å²) in [6.07, 6.45) is 0. The molecule has 100 valence electrons. The van der Waals surface area contributed by atoms with E-state index in [1.54, 1.807) is 0 Å². The molecule has 2 aromatic rings. The summed E-state index contributed by atoms with van der Waals surface area (Å²) in [5, 5.41) is 0. The van der Waals surface area contributed by atoms with Crippen LogP contribution in [0.15, 0.2) is 30.3 Å². The molecule has 0 aliphatic rings. The third-order valence-electron chi connectivity index (χ3n) is 4.12. The maximum Gasteiger partial charge on any atom is 0.0474 e. The van der Waals surface area contributed by atoms with Crippen LogP contribution in [-0.4, -0.2) is 7.05 Å². The van der Waals surface area contributed by atoms with E-state index in [0.717, 1.165) is 5.69 Å². The van der Waals surface area contributed by atoms with Crippen molar-refractivity contribution in [2.24, 2.45) is 0 Å². The molecule has 0 spiro atoms. The van der Waals surface area contributed by atoms with Gasteiger partial charge in [-0.3, -0.25) is 0 Å². The first kappa shape index (κ1) is 13.5. The molecule has 0 aliphatic heterocycles. The van der Waals surface area contributed by atoms with E-state index in [1.165, 1.54) is 33.6 Å². The highest BCUT2D eigenvalue weighted by molar-refractivity contribution is 5.76. The molecule has 0 amide bonds. The Bertz CT molecular complexity index is 571. The Morgan fingerprint density at radius 3 is 1.74 bits per heavy atom. The fourth-order valence-corrected chi connectivity index (χ4v) is 2.61. The third-order valence-corrected chi connectivity index (χ3v) is 4.12. The molecular formula is C17H22N2. The van der Waals surface area contributed by atoms with Gasteiger partial charge in [-0.2, -0.15) is 0 Å². The van der Waals surface area contributed by atoms with Crippen LogP contribution in [0.5, 0.6) is 0 Å². The second-order valence-electron chi connectivity index (χ2n) is 5.16. The van der Waals surface area contributed by atoms with Crippen molar-refractivity contribution < 1.29 is 0 Å². The van der Waals surface area contributed by atoms with E-state index in [2.05, 4.69) is 63.9 Å². The summed E-state index contributed by atoms with van der Waals surface area (Å²) in [6.45, 7) is 8.48. The van der Waals surface area contributed by atoms with E-state index in [4.69, 9.17) is 5.73 Å². The van der Waals surface area contributed by atoms with Gasteiger partial charge < -0.3 is 10.6 Å². The topological polar surface area (TPSA) is 29.3 Å². The number of rotatable bonds is 2. The molecule has 0 aromatic heterocycles. The Balaban J connectivity index is 2.64. The molecule has 0 atom stereocenters. The van der Waals surface area contributed by atoms with E-state index in [9.17, 15) is 0 Å². The molecule has 2 aromatic carbocycles. The Hall–Kier alpha value is -1.96. The van der Waals surface area contributed by atoms with Crippen molar-refractivity contribution in [2.45, 2.75) is 27.7 Å². The summed E-state index contributed by atoms with van der Waals surface area (Å²) in [5.74, 6) is 0. The summed E-state index contributed by atoms with van der Waals surface area (Å²) < 4.78 is 0. The smallest absolute Gasteiger partial charge is 0.0474 e. The first-order chi connectivity index (χ1) is 8.95. The van der Waals surface area contributed by atoms with E-state index >= 15 is 0 Å². The molecule has 2 N–H and O–H groups in total. The minimum atomic E-state index is 0.917. The second kappa shape index (κ2) is 4.96. The zero-order valence-electron chi connectivity index (χ0n) is 12.4. The minimum absolute atomic E-state index is 0.917. The summed E-state index contributed by atoms with van der Waals surface area (Å²) in [7, 11) is 2.11. The number of nitrogen functional groups attached to an aromatic ring is 1. The van der Waals surface area contributed by atoms with E-state index in [-0.39, 0.29) is 0 Å². The van der Waals surface area contributed by atoms with Gasteiger partial charge in [-0.25, -0.2) is 0 Å². The van der Waals surface area contributed by atoms with Gasteiger partial charge in [0.2, 0.25) is 0 Å². The molecule has 2 heteroatoms. The molecule has 0 heterocycles. The van der Waals surface area contributed by atoms with Crippen LogP contribution in [-0.2, 0) is 0 Å². The van der Waals surface area contributed by atoms with Crippen molar-refractivity contribution in [3.8, 4) is 0 Å². The van der Waals surface area contributed by atoms with Gasteiger partial charge >= 0.3 is 0 Å². The molecule has 2 nitrogen and oxygen atoms in total. The van der Waals surface area contributed by atoms with Crippen molar-refractivity contribution in [2.75, 3.05) is 17.7 Å². The van der Waals surface area contributed by atoms with Gasteiger partial charge in [0.25, 0.3) is 0 Å². The fraction of sp³-hybridized carbons (Fsp3) is 0.294. The number of benzene rings is 2. The summed E-state index contributed by atoms with van der Waals surface area (Å²) in [5.41, 5.74) is 14.4. The van der Waals surface area contributed by atoms with Crippen molar-refractivity contribution in [1.82, 2.24) is 0 Å². The number of nitrogens with two attached hydrogens (primary N) is 1. The maximum absolute atomic E-state index is 6.17. The van der Waals surface area contributed by atoms with Gasteiger partial charge in [0.1, 0.15) is 0 Å². The lowest BCUT2D eigenvalue weighted by molar-refractivity contribution is 1.13. The molecular weight excluding hydrogens is 232 g/mol. The van der Waals surface area contributed by atoms with E-state index in [0.29, 0.717) is 0 Å².